The summed E-state index contributed by atoms with van der Waals surface area (Å²) in [5, 5.41) is 8.02. The van der Waals surface area contributed by atoms with Crippen LogP contribution in [0.3, 0.4) is 0 Å². The van der Waals surface area contributed by atoms with Crippen molar-refractivity contribution >= 4 is 5.91 Å². The van der Waals surface area contributed by atoms with Crippen molar-refractivity contribution in [2.24, 2.45) is 0 Å². The fourth-order valence-electron chi connectivity index (χ4n) is 2.64. The first-order chi connectivity index (χ1) is 12.0. The van der Waals surface area contributed by atoms with Crippen LogP contribution in [0.25, 0.3) is 0 Å². The number of carbonyl (C=O) groups is 1. The van der Waals surface area contributed by atoms with Gasteiger partial charge in [-0.1, -0.05) is 35.5 Å². The number of hydrogen-bond acceptors (Lipinski definition) is 4. The van der Waals surface area contributed by atoms with Crippen LogP contribution >= 0.6 is 0 Å². The van der Waals surface area contributed by atoms with Gasteiger partial charge in [0.25, 0.3) is 11.5 Å². The summed E-state index contributed by atoms with van der Waals surface area (Å²) in [6.45, 7) is 5.90. The molecule has 7 heteroatoms. The number of benzene rings is 1. The Bertz CT molecular complexity index is 973. The lowest BCUT2D eigenvalue weighted by Gasteiger charge is -2.11. The Kier molecular flexibility index (Phi) is 4.47. The Morgan fingerprint density at radius 1 is 1.12 bits per heavy atom. The van der Waals surface area contributed by atoms with Gasteiger partial charge >= 0.3 is 0 Å². The third-order valence-electron chi connectivity index (χ3n) is 3.95. The van der Waals surface area contributed by atoms with E-state index in [1.54, 1.807) is 18.5 Å². The lowest BCUT2D eigenvalue weighted by Crippen LogP contribution is -2.34. The number of aromatic nitrogens is 4. The Labute approximate surface area is 144 Å². The van der Waals surface area contributed by atoms with Crippen LogP contribution in [0.1, 0.15) is 33.0 Å². The van der Waals surface area contributed by atoms with E-state index >= 15 is 0 Å². The van der Waals surface area contributed by atoms with Gasteiger partial charge in [-0.05, 0) is 38.0 Å². The molecule has 7 nitrogen and oxygen atoms in total. The molecule has 0 fully saturated rings. The number of aryl methyl sites for hydroxylation is 2. The smallest absolute Gasteiger partial charge is 0.267 e. The molecule has 0 unspecified atom stereocenters. The number of hydrogen-bond donors (Lipinski definition) is 1. The van der Waals surface area contributed by atoms with Gasteiger partial charge in [0.2, 0.25) is 0 Å². The number of nitrogens with one attached hydrogen (secondary N) is 1. The zero-order valence-electron chi connectivity index (χ0n) is 14.4. The van der Waals surface area contributed by atoms with Crippen molar-refractivity contribution in [2.45, 2.75) is 27.3 Å². The molecule has 128 valence electrons. The largest absolute Gasteiger partial charge is 0.292 e. The van der Waals surface area contributed by atoms with Gasteiger partial charge in [0.05, 0.1) is 12.2 Å². The van der Waals surface area contributed by atoms with Crippen LogP contribution in [0.2, 0.25) is 0 Å². The van der Waals surface area contributed by atoms with Crippen molar-refractivity contribution in [1.29, 1.82) is 0 Å². The first-order valence-corrected chi connectivity index (χ1v) is 7.91. The minimum absolute atomic E-state index is 0.197. The van der Waals surface area contributed by atoms with Crippen molar-refractivity contribution in [1.82, 2.24) is 19.7 Å². The van der Waals surface area contributed by atoms with Crippen molar-refractivity contribution in [3.8, 4) is 0 Å². The molecule has 0 aliphatic rings. The second kappa shape index (κ2) is 6.72. The number of amides is 1. The predicted molar refractivity (Wildman–Crippen MR) is 94.2 cm³/mol. The number of carbonyl (C=O) groups excluding carboxylic acids is 1. The van der Waals surface area contributed by atoms with Crippen LogP contribution in [0, 0.1) is 20.8 Å². The molecule has 3 rings (SSSR count). The fraction of sp³-hybridized carbons (Fsp3) is 0.222. The second-order valence-electron chi connectivity index (χ2n) is 5.96. The molecule has 25 heavy (non-hydrogen) atoms. The van der Waals surface area contributed by atoms with Crippen molar-refractivity contribution < 1.29 is 4.79 Å². The number of rotatable bonds is 4. The van der Waals surface area contributed by atoms with Crippen LogP contribution in [0.4, 0.5) is 0 Å². The average Bonchev–Trinajstić information content (AvgIpc) is 2.92. The summed E-state index contributed by atoms with van der Waals surface area (Å²) in [7, 11) is 0. The van der Waals surface area contributed by atoms with Crippen molar-refractivity contribution in [3.05, 3.63) is 81.0 Å². The van der Waals surface area contributed by atoms with Gasteiger partial charge in [0, 0.05) is 11.8 Å². The van der Waals surface area contributed by atoms with Crippen LogP contribution in [0.5, 0.6) is 0 Å². The van der Waals surface area contributed by atoms with E-state index in [9.17, 15) is 9.59 Å². The minimum Gasteiger partial charge on any atom is -0.267 e. The molecule has 1 N–H and O–H groups in total. The molecule has 1 amide bonds. The molecule has 0 aliphatic carbocycles. The van der Waals surface area contributed by atoms with Crippen LogP contribution in [0.15, 0.2) is 47.3 Å². The van der Waals surface area contributed by atoms with Gasteiger partial charge in [0.1, 0.15) is 0 Å². The van der Waals surface area contributed by atoms with Crippen LogP contribution < -0.4 is 11.0 Å². The monoisotopic (exact) mass is 337 g/mol. The maximum atomic E-state index is 12.5. The molecule has 0 atom stereocenters. The first-order valence-electron chi connectivity index (χ1n) is 7.91. The zero-order valence-corrected chi connectivity index (χ0v) is 14.4. The Hall–Kier alpha value is -3.22. The van der Waals surface area contributed by atoms with Gasteiger partial charge in [0.15, 0.2) is 5.69 Å². The van der Waals surface area contributed by atoms with E-state index in [4.69, 9.17) is 0 Å². The van der Waals surface area contributed by atoms with Gasteiger partial charge in [-0.3, -0.25) is 15.0 Å². The zero-order chi connectivity index (χ0) is 18.0. The summed E-state index contributed by atoms with van der Waals surface area (Å²) in [6.07, 6.45) is 0. The molecule has 0 aliphatic heterocycles. The van der Waals surface area contributed by atoms with Crippen molar-refractivity contribution in [3.63, 3.8) is 0 Å². The molecule has 1 aromatic carbocycles. The Balaban J connectivity index is 1.83. The van der Waals surface area contributed by atoms with Crippen LogP contribution in [-0.2, 0) is 6.54 Å². The molecule has 0 radical (unpaired) electrons. The molecule has 3 aromatic rings. The molecular formula is C18H19N5O2. The highest BCUT2D eigenvalue weighted by molar-refractivity contribution is 5.99. The number of pyridine rings is 1. The molecular weight excluding hydrogens is 318 g/mol. The topological polar surface area (TPSA) is 81.8 Å². The van der Waals surface area contributed by atoms with E-state index in [1.165, 1.54) is 10.7 Å². The van der Waals surface area contributed by atoms with Gasteiger partial charge in [-0.2, -0.15) is 0 Å². The molecule has 0 saturated carbocycles. The molecule has 0 bridgehead atoms. The summed E-state index contributed by atoms with van der Waals surface area (Å²) in [6, 6.07) is 13.1. The third-order valence-corrected chi connectivity index (χ3v) is 3.95. The van der Waals surface area contributed by atoms with E-state index in [0.29, 0.717) is 17.9 Å². The van der Waals surface area contributed by atoms with Gasteiger partial charge in [-0.25, -0.2) is 9.36 Å². The van der Waals surface area contributed by atoms with Gasteiger partial charge < -0.3 is 0 Å². The molecule has 0 spiro atoms. The fourth-order valence-corrected chi connectivity index (χ4v) is 2.64. The van der Waals surface area contributed by atoms with Gasteiger partial charge in [-0.15, -0.1) is 5.10 Å². The van der Waals surface area contributed by atoms with Crippen molar-refractivity contribution in [2.75, 3.05) is 5.43 Å². The molecule has 2 heterocycles. The van der Waals surface area contributed by atoms with Crippen LogP contribution in [-0.4, -0.2) is 25.6 Å². The average molecular weight is 337 g/mol. The molecule has 0 saturated heterocycles. The maximum absolute atomic E-state index is 12.5. The maximum Gasteiger partial charge on any atom is 0.292 e. The Morgan fingerprint density at radius 3 is 2.52 bits per heavy atom. The SMILES string of the molecule is Cc1cc(C)n(NC(=O)c2nnn(Cc3ccccc3)c2C)c(=O)c1. The lowest BCUT2D eigenvalue weighted by molar-refractivity contribution is 0.100. The van der Waals surface area contributed by atoms with E-state index in [1.807, 2.05) is 43.3 Å². The Morgan fingerprint density at radius 2 is 1.84 bits per heavy atom. The van der Waals surface area contributed by atoms with E-state index < -0.39 is 5.91 Å². The lowest BCUT2D eigenvalue weighted by atomic mass is 10.2. The van der Waals surface area contributed by atoms with E-state index in [2.05, 4.69) is 15.7 Å². The summed E-state index contributed by atoms with van der Waals surface area (Å²) in [5.41, 5.74) is 5.69. The highest BCUT2D eigenvalue weighted by atomic mass is 16.2. The minimum atomic E-state index is -0.467. The predicted octanol–water partition coefficient (Wildman–Crippen LogP) is 1.80. The van der Waals surface area contributed by atoms with E-state index in [-0.39, 0.29) is 11.3 Å². The third kappa shape index (κ3) is 3.50. The molecule has 2 aromatic heterocycles. The normalized spacial score (nSPS) is 10.7. The number of nitrogens with zero attached hydrogens (tertiary/aromatic N) is 4. The summed E-state index contributed by atoms with van der Waals surface area (Å²) in [4.78, 5) is 24.6. The highest BCUT2D eigenvalue weighted by Gasteiger charge is 2.18. The summed E-state index contributed by atoms with van der Waals surface area (Å²) in [5.74, 6) is -0.467. The first kappa shape index (κ1) is 16.6. The summed E-state index contributed by atoms with van der Waals surface area (Å²) < 4.78 is 2.88. The standard InChI is InChI=1S/C18H19N5O2/c1-12-9-13(2)23(16(24)10-12)20-18(25)17-14(3)22(21-19-17)11-15-7-5-4-6-8-15/h4-10H,11H2,1-3H3,(H,20,25). The van der Waals surface area contributed by atoms with E-state index in [0.717, 1.165) is 11.1 Å². The quantitative estimate of drug-likeness (QED) is 0.787. The highest BCUT2D eigenvalue weighted by Crippen LogP contribution is 2.08. The second-order valence-corrected chi connectivity index (χ2v) is 5.96. The summed E-state index contributed by atoms with van der Waals surface area (Å²) >= 11 is 0.